The third-order valence-electron chi connectivity index (χ3n) is 5.03. The summed E-state index contributed by atoms with van der Waals surface area (Å²) in [6.07, 6.45) is 9.45. The van der Waals surface area contributed by atoms with Gasteiger partial charge in [-0.3, -0.25) is 14.4 Å². The number of aliphatic hydroxyl groups is 1. The molecule has 0 saturated heterocycles. The van der Waals surface area contributed by atoms with Crippen molar-refractivity contribution in [2.45, 2.75) is 102 Å². The number of carbonyl (C=O) groups excluding carboxylic acids is 1. The fourth-order valence-corrected chi connectivity index (χ4v) is 3.55. The Morgan fingerprint density at radius 2 is 1.23 bits per heavy atom. The van der Waals surface area contributed by atoms with Gasteiger partial charge in [0.2, 0.25) is 0 Å². The highest BCUT2D eigenvalue weighted by Gasteiger charge is 2.25. The molecule has 0 spiro atoms. The van der Waals surface area contributed by atoms with Crippen LogP contribution < -0.4 is 0 Å². The fourth-order valence-electron chi connectivity index (χ4n) is 3.55. The van der Waals surface area contributed by atoms with E-state index in [-0.39, 0.29) is 19.3 Å². The molecule has 0 aliphatic heterocycles. The minimum absolute atomic E-state index is 0.102. The first-order valence-corrected chi connectivity index (χ1v) is 11.6. The Hall–Kier alpha value is -1.67. The average molecular weight is 447 g/mol. The van der Waals surface area contributed by atoms with Crippen molar-refractivity contribution in [1.29, 1.82) is 0 Å². The number of aliphatic hydroxyl groups excluding tert-OH is 1. The number of quaternary nitrogens is 1. The Bertz CT molecular complexity index is 517. The van der Waals surface area contributed by atoms with Crippen LogP contribution in [0.3, 0.4) is 0 Å². The van der Waals surface area contributed by atoms with Gasteiger partial charge in [0, 0.05) is 6.42 Å². The van der Waals surface area contributed by atoms with E-state index in [0.29, 0.717) is 17.4 Å². The number of hydrogen-bond donors (Lipinski definition) is 3. The van der Waals surface area contributed by atoms with Crippen LogP contribution >= 0.6 is 0 Å². The lowest BCUT2D eigenvalue weighted by atomic mass is 10.0. The van der Waals surface area contributed by atoms with Crippen molar-refractivity contribution >= 4 is 17.9 Å². The molecule has 2 atom stereocenters. The van der Waals surface area contributed by atoms with Gasteiger partial charge in [-0.05, 0) is 12.8 Å². The quantitative estimate of drug-likeness (QED) is 0.148. The van der Waals surface area contributed by atoms with E-state index in [9.17, 15) is 19.5 Å². The number of esters is 1. The standard InChI is InChI=1S/C23H43NO7/c1-24(2,3)18-20(17-22(28)29)31-23(30)16-19(25)14-12-10-8-6-4-5-7-9-11-13-15-21(26)27/h19-20,25H,4-18H2,1-3H3,(H-,26,27,28,29)/p+1. The van der Waals surface area contributed by atoms with E-state index in [2.05, 4.69) is 0 Å². The molecule has 31 heavy (non-hydrogen) atoms. The predicted octanol–water partition coefficient (Wildman–Crippen LogP) is 3.60. The average Bonchev–Trinajstić information content (AvgIpc) is 2.60. The molecular formula is C23H44NO7+. The summed E-state index contributed by atoms with van der Waals surface area (Å²) in [7, 11) is 5.71. The normalized spacial score (nSPS) is 13.5. The van der Waals surface area contributed by atoms with Crippen molar-refractivity contribution in [3.05, 3.63) is 0 Å². The molecule has 3 N–H and O–H groups in total. The lowest BCUT2D eigenvalue weighted by Gasteiger charge is -2.28. The molecular weight excluding hydrogens is 402 g/mol. The number of aliphatic carboxylic acids is 2. The van der Waals surface area contributed by atoms with Crippen LogP contribution in [-0.4, -0.2) is 77.6 Å². The number of likely N-dealkylation sites (N-methyl/N-ethyl adjacent to an activating group) is 1. The van der Waals surface area contributed by atoms with E-state index in [0.717, 1.165) is 51.4 Å². The van der Waals surface area contributed by atoms with Gasteiger partial charge in [0.25, 0.3) is 0 Å². The van der Waals surface area contributed by atoms with E-state index in [1.165, 1.54) is 12.8 Å². The number of carbonyl (C=O) groups is 3. The minimum Gasteiger partial charge on any atom is -0.481 e. The second-order valence-electron chi connectivity index (χ2n) is 9.51. The number of rotatable bonds is 20. The first kappa shape index (κ1) is 29.3. The highest BCUT2D eigenvalue weighted by molar-refractivity contribution is 5.72. The van der Waals surface area contributed by atoms with E-state index >= 15 is 0 Å². The van der Waals surface area contributed by atoms with Crippen LogP contribution in [0.4, 0.5) is 0 Å². The summed E-state index contributed by atoms with van der Waals surface area (Å²) in [5.41, 5.74) is 0. The molecule has 0 bridgehead atoms. The second-order valence-corrected chi connectivity index (χ2v) is 9.51. The van der Waals surface area contributed by atoms with Gasteiger partial charge in [-0.1, -0.05) is 57.8 Å². The molecule has 0 amide bonds. The topological polar surface area (TPSA) is 121 Å². The molecule has 0 aromatic heterocycles. The van der Waals surface area contributed by atoms with Crippen LogP contribution in [-0.2, 0) is 19.1 Å². The first-order valence-electron chi connectivity index (χ1n) is 11.6. The Morgan fingerprint density at radius 1 is 0.742 bits per heavy atom. The van der Waals surface area contributed by atoms with E-state index in [1.807, 2.05) is 21.1 Å². The van der Waals surface area contributed by atoms with Crippen LogP contribution in [0, 0.1) is 0 Å². The van der Waals surface area contributed by atoms with Crippen molar-refractivity contribution in [2.24, 2.45) is 0 Å². The van der Waals surface area contributed by atoms with Crippen LogP contribution in [0.2, 0.25) is 0 Å². The molecule has 0 aromatic rings. The number of carboxylic acids is 2. The molecule has 0 heterocycles. The van der Waals surface area contributed by atoms with Gasteiger partial charge in [0.15, 0.2) is 6.10 Å². The molecule has 2 unspecified atom stereocenters. The van der Waals surface area contributed by atoms with E-state index < -0.39 is 30.1 Å². The molecule has 8 nitrogen and oxygen atoms in total. The number of ether oxygens (including phenoxy) is 1. The Balaban J connectivity index is 3.77. The Morgan fingerprint density at radius 3 is 1.68 bits per heavy atom. The van der Waals surface area contributed by atoms with Gasteiger partial charge in [-0.2, -0.15) is 0 Å². The fraction of sp³-hybridized carbons (Fsp3) is 0.870. The maximum atomic E-state index is 12.1. The highest BCUT2D eigenvalue weighted by atomic mass is 16.5. The molecule has 0 saturated carbocycles. The zero-order chi connectivity index (χ0) is 23.7. The summed E-state index contributed by atoms with van der Waals surface area (Å²) in [4.78, 5) is 33.5. The van der Waals surface area contributed by atoms with Crippen molar-refractivity contribution < 1.29 is 38.9 Å². The van der Waals surface area contributed by atoms with Crippen LogP contribution in [0.25, 0.3) is 0 Å². The third-order valence-corrected chi connectivity index (χ3v) is 5.03. The number of unbranched alkanes of at least 4 members (excludes halogenated alkanes) is 9. The predicted molar refractivity (Wildman–Crippen MR) is 119 cm³/mol. The smallest absolute Gasteiger partial charge is 0.308 e. The van der Waals surface area contributed by atoms with E-state index in [1.54, 1.807) is 0 Å². The summed E-state index contributed by atoms with van der Waals surface area (Å²) in [5, 5.41) is 27.6. The summed E-state index contributed by atoms with van der Waals surface area (Å²) >= 11 is 0. The molecule has 0 aliphatic carbocycles. The maximum Gasteiger partial charge on any atom is 0.308 e. The SMILES string of the molecule is C[N+](C)(C)CC(CC(=O)O)OC(=O)CC(O)CCCCCCCCCCCCC(=O)O. The largest absolute Gasteiger partial charge is 0.481 e. The van der Waals surface area contributed by atoms with Crippen LogP contribution in [0.15, 0.2) is 0 Å². The lowest BCUT2D eigenvalue weighted by Crippen LogP contribution is -2.44. The van der Waals surface area contributed by atoms with Gasteiger partial charge < -0.3 is 24.5 Å². The summed E-state index contributed by atoms with van der Waals surface area (Å²) < 4.78 is 5.79. The van der Waals surface area contributed by atoms with Crippen molar-refractivity contribution in [2.75, 3.05) is 27.7 Å². The lowest BCUT2D eigenvalue weighted by molar-refractivity contribution is -0.873. The molecule has 8 heteroatoms. The molecule has 0 aliphatic rings. The van der Waals surface area contributed by atoms with Crippen molar-refractivity contribution in [3.8, 4) is 0 Å². The Labute approximate surface area is 187 Å². The molecule has 182 valence electrons. The van der Waals surface area contributed by atoms with Crippen molar-refractivity contribution in [3.63, 3.8) is 0 Å². The number of carboxylic acid groups (broad SMARTS) is 2. The monoisotopic (exact) mass is 446 g/mol. The van der Waals surface area contributed by atoms with Gasteiger partial charge in [0.05, 0.1) is 40.1 Å². The van der Waals surface area contributed by atoms with Gasteiger partial charge in [-0.25, -0.2) is 0 Å². The highest BCUT2D eigenvalue weighted by Crippen LogP contribution is 2.14. The second kappa shape index (κ2) is 17.0. The summed E-state index contributed by atoms with van der Waals surface area (Å²) in [6.45, 7) is 0.399. The zero-order valence-electron chi connectivity index (χ0n) is 19.7. The number of nitrogens with zero attached hydrogens (tertiary/aromatic N) is 1. The van der Waals surface area contributed by atoms with Gasteiger partial charge in [-0.15, -0.1) is 0 Å². The minimum atomic E-state index is -1.01. The van der Waals surface area contributed by atoms with E-state index in [4.69, 9.17) is 14.9 Å². The van der Waals surface area contributed by atoms with Crippen molar-refractivity contribution in [1.82, 2.24) is 0 Å². The number of hydrogen-bond acceptors (Lipinski definition) is 5. The summed E-state index contributed by atoms with van der Waals surface area (Å²) in [6, 6.07) is 0. The molecule has 0 rings (SSSR count). The van der Waals surface area contributed by atoms with Gasteiger partial charge >= 0.3 is 17.9 Å². The maximum absolute atomic E-state index is 12.1. The van der Waals surface area contributed by atoms with Crippen LogP contribution in [0.1, 0.15) is 89.9 Å². The van der Waals surface area contributed by atoms with Crippen LogP contribution in [0.5, 0.6) is 0 Å². The zero-order valence-corrected chi connectivity index (χ0v) is 19.7. The van der Waals surface area contributed by atoms with Gasteiger partial charge in [0.1, 0.15) is 6.54 Å². The third kappa shape index (κ3) is 21.4. The molecule has 0 aromatic carbocycles. The summed E-state index contributed by atoms with van der Waals surface area (Å²) in [5.74, 6) is -2.27. The Kier molecular flexibility index (Phi) is 16.0. The molecule has 0 radical (unpaired) electrons. The first-order chi connectivity index (χ1) is 14.5. The molecule has 0 fully saturated rings.